The summed E-state index contributed by atoms with van der Waals surface area (Å²) in [5.74, 6) is 0.719. The van der Waals surface area contributed by atoms with Crippen molar-refractivity contribution in [2.75, 3.05) is 12.4 Å². The number of halogens is 1. The molecule has 0 bridgehead atoms. The fraction of sp³-hybridized carbons (Fsp3) is 0.235. The van der Waals surface area contributed by atoms with Gasteiger partial charge in [-0.25, -0.2) is 0 Å². The van der Waals surface area contributed by atoms with E-state index in [1.165, 1.54) is 0 Å². The molecule has 0 atom stereocenters. The first-order valence-electron chi connectivity index (χ1n) is 6.62. The Morgan fingerprint density at radius 3 is 2.57 bits per heavy atom. The molecule has 0 aromatic heterocycles. The molecular weight excluding hydrogens is 284 g/mol. The second-order valence-electron chi connectivity index (χ2n) is 4.91. The molecule has 108 valence electrons. The first kappa shape index (κ1) is 15.2. The largest absolute Gasteiger partial charge is 0.495 e. The van der Waals surface area contributed by atoms with E-state index in [4.69, 9.17) is 21.6 Å². The van der Waals surface area contributed by atoms with E-state index in [0.29, 0.717) is 17.1 Å². The second kappa shape index (κ2) is 6.51. The molecule has 2 aromatic rings. The van der Waals surface area contributed by atoms with E-state index in [0.717, 1.165) is 28.1 Å². The van der Waals surface area contributed by atoms with Crippen LogP contribution in [0.3, 0.4) is 0 Å². The highest BCUT2D eigenvalue weighted by Crippen LogP contribution is 2.31. The number of hydrogen-bond acceptors (Lipinski definition) is 3. The topological polar surface area (TPSA) is 45.0 Å². The van der Waals surface area contributed by atoms with E-state index in [1.54, 1.807) is 7.11 Å². The van der Waals surface area contributed by atoms with Crippen LogP contribution in [0.25, 0.3) is 0 Å². The van der Waals surface area contributed by atoms with Crippen molar-refractivity contribution >= 4 is 17.3 Å². The minimum Gasteiger partial charge on any atom is -0.495 e. The molecule has 0 saturated carbocycles. The van der Waals surface area contributed by atoms with Gasteiger partial charge in [0.25, 0.3) is 0 Å². The number of benzene rings is 2. The van der Waals surface area contributed by atoms with Crippen molar-refractivity contribution < 1.29 is 4.74 Å². The van der Waals surface area contributed by atoms with Gasteiger partial charge >= 0.3 is 0 Å². The summed E-state index contributed by atoms with van der Waals surface area (Å²) in [6.45, 7) is 4.62. The predicted molar refractivity (Wildman–Crippen MR) is 86.0 cm³/mol. The fourth-order valence-corrected chi connectivity index (χ4v) is 2.28. The molecule has 0 aliphatic rings. The van der Waals surface area contributed by atoms with Crippen LogP contribution in [0.2, 0.25) is 5.02 Å². The lowest BCUT2D eigenvalue weighted by Gasteiger charge is -2.14. The monoisotopic (exact) mass is 300 g/mol. The maximum atomic E-state index is 8.89. The van der Waals surface area contributed by atoms with Crippen molar-refractivity contribution in [3.05, 3.63) is 57.6 Å². The van der Waals surface area contributed by atoms with Crippen LogP contribution in [0.4, 0.5) is 5.69 Å². The standard InChI is InChI=1S/C17H17ClN2O/c1-11-6-13(9-19)4-5-14(11)10-20-16-7-12(2)15(18)8-17(16)21-3/h4-8,20H,10H2,1-3H3. The zero-order valence-electron chi connectivity index (χ0n) is 12.3. The van der Waals surface area contributed by atoms with Gasteiger partial charge < -0.3 is 10.1 Å². The summed E-state index contributed by atoms with van der Waals surface area (Å²) in [6.07, 6.45) is 0. The molecule has 0 saturated heterocycles. The van der Waals surface area contributed by atoms with Gasteiger partial charge in [0.05, 0.1) is 24.4 Å². The van der Waals surface area contributed by atoms with Gasteiger partial charge in [-0.15, -0.1) is 0 Å². The summed E-state index contributed by atoms with van der Waals surface area (Å²) in [5, 5.41) is 12.9. The van der Waals surface area contributed by atoms with E-state index in [2.05, 4.69) is 11.4 Å². The first-order valence-corrected chi connectivity index (χ1v) is 7.00. The molecule has 0 aliphatic heterocycles. The molecule has 0 unspecified atom stereocenters. The lowest BCUT2D eigenvalue weighted by atomic mass is 10.1. The molecule has 0 heterocycles. The number of methoxy groups -OCH3 is 1. The number of hydrogen-bond donors (Lipinski definition) is 1. The SMILES string of the molecule is COc1cc(Cl)c(C)cc1NCc1ccc(C#N)cc1C. The molecule has 0 amide bonds. The quantitative estimate of drug-likeness (QED) is 0.907. The van der Waals surface area contributed by atoms with Crippen LogP contribution in [-0.2, 0) is 6.54 Å². The molecule has 0 aliphatic carbocycles. The van der Waals surface area contributed by atoms with E-state index < -0.39 is 0 Å². The number of ether oxygens (including phenoxy) is 1. The molecule has 3 nitrogen and oxygen atoms in total. The maximum absolute atomic E-state index is 8.89. The number of nitrogens with one attached hydrogen (secondary N) is 1. The van der Waals surface area contributed by atoms with Crippen molar-refractivity contribution in [1.29, 1.82) is 5.26 Å². The zero-order valence-corrected chi connectivity index (χ0v) is 13.1. The molecule has 1 N–H and O–H groups in total. The zero-order chi connectivity index (χ0) is 15.4. The Kier molecular flexibility index (Phi) is 4.72. The summed E-state index contributed by atoms with van der Waals surface area (Å²) >= 11 is 6.10. The number of nitriles is 1. The molecule has 2 aromatic carbocycles. The highest BCUT2D eigenvalue weighted by Gasteiger charge is 2.07. The average Bonchev–Trinajstić information content (AvgIpc) is 2.48. The fourth-order valence-electron chi connectivity index (χ4n) is 2.12. The molecule has 21 heavy (non-hydrogen) atoms. The number of nitrogens with zero attached hydrogens (tertiary/aromatic N) is 1. The van der Waals surface area contributed by atoms with E-state index in [1.807, 2.05) is 44.2 Å². The van der Waals surface area contributed by atoms with Gasteiger partial charge in [-0.1, -0.05) is 17.7 Å². The van der Waals surface area contributed by atoms with E-state index in [-0.39, 0.29) is 0 Å². The summed E-state index contributed by atoms with van der Waals surface area (Å²) < 4.78 is 5.35. The summed E-state index contributed by atoms with van der Waals surface area (Å²) in [6, 6.07) is 11.6. The Hall–Kier alpha value is -2.18. The summed E-state index contributed by atoms with van der Waals surface area (Å²) in [4.78, 5) is 0. The average molecular weight is 301 g/mol. The highest BCUT2D eigenvalue weighted by atomic mass is 35.5. The Labute approximate surface area is 130 Å². The minimum atomic E-state index is 0.662. The van der Waals surface area contributed by atoms with Gasteiger partial charge in [0.2, 0.25) is 0 Å². The Bertz CT molecular complexity index is 705. The molecule has 4 heteroatoms. The Morgan fingerprint density at radius 2 is 1.95 bits per heavy atom. The number of aryl methyl sites for hydroxylation is 2. The third-order valence-corrected chi connectivity index (χ3v) is 3.83. The molecule has 2 rings (SSSR count). The van der Waals surface area contributed by atoms with Crippen LogP contribution in [0.15, 0.2) is 30.3 Å². The van der Waals surface area contributed by atoms with Crippen LogP contribution >= 0.6 is 11.6 Å². The van der Waals surface area contributed by atoms with Crippen LogP contribution in [-0.4, -0.2) is 7.11 Å². The smallest absolute Gasteiger partial charge is 0.143 e. The Balaban J connectivity index is 2.20. The molecular formula is C17H17ClN2O. The van der Waals surface area contributed by atoms with Crippen LogP contribution < -0.4 is 10.1 Å². The lowest BCUT2D eigenvalue weighted by Crippen LogP contribution is -2.03. The predicted octanol–water partition coefficient (Wildman–Crippen LogP) is 4.45. The first-order chi connectivity index (χ1) is 10.0. The van der Waals surface area contributed by atoms with E-state index >= 15 is 0 Å². The van der Waals surface area contributed by atoms with Crippen molar-refractivity contribution in [3.63, 3.8) is 0 Å². The molecule has 0 spiro atoms. The van der Waals surface area contributed by atoms with Gasteiger partial charge in [0.1, 0.15) is 5.75 Å². The normalized spacial score (nSPS) is 10.0. The molecule has 0 radical (unpaired) electrons. The number of anilines is 1. The maximum Gasteiger partial charge on any atom is 0.143 e. The van der Waals surface area contributed by atoms with Crippen LogP contribution in [0.5, 0.6) is 5.75 Å². The van der Waals surface area contributed by atoms with Gasteiger partial charge in [0.15, 0.2) is 0 Å². The van der Waals surface area contributed by atoms with E-state index in [9.17, 15) is 0 Å². The van der Waals surface area contributed by atoms with Crippen molar-refractivity contribution in [2.24, 2.45) is 0 Å². The second-order valence-corrected chi connectivity index (χ2v) is 5.32. The third kappa shape index (κ3) is 3.48. The van der Waals surface area contributed by atoms with Gasteiger partial charge in [-0.3, -0.25) is 0 Å². The summed E-state index contributed by atoms with van der Waals surface area (Å²) in [5.41, 5.74) is 4.81. The van der Waals surface area contributed by atoms with Crippen molar-refractivity contribution in [3.8, 4) is 11.8 Å². The minimum absolute atomic E-state index is 0.662. The Morgan fingerprint density at radius 1 is 1.19 bits per heavy atom. The molecule has 0 fully saturated rings. The highest BCUT2D eigenvalue weighted by molar-refractivity contribution is 6.31. The van der Waals surface area contributed by atoms with Gasteiger partial charge in [-0.05, 0) is 48.7 Å². The number of rotatable bonds is 4. The lowest BCUT2D eigenvalue weighted by molar-refractivity contribution is 0.416. The van der Waals surface area contributed by atoms with Gasteiger partial charge in [-0.2, -0.15) is 5.26 Å². The summed E-state index contributed by atoms with van der Waals surface area (Å²) in [7, 11) is 1.62. The van der Waals surface area contributed by atoms with Crippen LogP contribution in [0, 0.1) is 25.2 Å². The van der Waals surface area contributed by atoms with Crippen LogP contribution in [0.1, 0.15) is 22.3 Å². The van der Waals surface area contributed by atoms with Crippen molar-refractivity contribution in [2.45, 2.75) is 20.4 Å². The van der Waals surface area contributed by atoms with Crippen molar-refractivity contribution in [1.82, 2.24) is 0 Å². The van der Waals surface area contributed by atoms with Gasteiger partial charge in [0, 0.05) is 17.6 Å². The third-order valence-electron chi connectivity index (χ3n) is 3.42.